The third-order valence-corrected chi connectivity index (χ3v) is 4.33. The van der Waals surface area contributed by atoms with Crippen LogP contribution in [-0.2, 0) is 11.2 Å². The maximum Gasteiger partial charge on any atom is 0.326 e. The van der Waals surface area contributed by atoms with Gasteiger partial charge in [-0.2, -0.15) is 4.68 Å². The van der Waals surface area contributed by atoms with Gasteiger partial charge in [-0.1, -0.05) is 11.6 Å². The summed E-state index contributed by atoms with van der Waals surface area (Å²) >= 11 is 6.10. The highest BCUT2D eigenvalue weighted by Gasteiger charge is 2.30. The SMILES string of the molecule is O=C(O)[C@@H]1CCc2nc(-c3cc(Cl)ccc3-n3cnnn3)cc(=O)n21. The molecule has 4 rings (SSSR count). The van der Waals surface area contributed by atoms with Gasteiger partial charge in [0.15, 0.2) is 0 Å². The van der Waals surface area contributed by atoms with Crippen molar-refractivity contribution in [2.75, 3.05) is 0 Å². The number of hydrogen-bond donors (Lipinski definition) is 1. The minimum atomic E-state index is -1.03. The van der Waals surface area contributed by atoms with Gasteiger partial charge in [0.1, 0.15) is 18.2 Å². The molecule has 3 heterocycles. The van der Waals surface area contributed by atoms with E-state index in [1.807, 2.05) is 0 Å². The number of fused-ring (bicyclic) bond motifs is 1. The number of halogens is 1. The number of nitrogens with zero attached hydrogens (tertiary/aromatic N) is 6. The van der Waals surface area contributed by atoms with Gasteiger partial charge in [-0.25, -0.2) is 9.78 Å². The van der Waals surface area contributed by atoms with Crippen molar-refractivity contribution in [1.29, 1.82) is 0 Å². The van der Waals surface area contributed by atoms with Crippen molar-refractivity contribution in [3.63, 3.8) is 0 Å². The van der Waals surface area contributed by atoms with E-state index >= 15 is 0 Å². The Morgan fingerprint density at radius 2 is 2.16 bits per heavy atom. The highest BCUT2D eigenvalue weighted by atomic mass is 35.5. The van der Waals surface area contributed by atoms with Gasteiger partial charge in [0.05, 0.1) is 11.4 Å². The Morgan fingerprint density at radius 1 is 1.32 bits per heavy atom. The van der Waals surface area contributed by atoms with Gasteiger partial charge < -0.3 is 5.11 Å². The van der Waals surface area contributed by atoms with Crippen molar-refractivity contribution in [3.8, 4) is 16.9 Å². The van der Waals surface area contributed by atoms with Crippen LogP contribution in [0.15, 0.2) is 35.4 Å². The Hall–Kier alpha value is -3.07. The summed E-state index contributed by atoms with van der Waals surface area (Å²) in [6.07, 6.45) is 2.19. The molecule has 3 aromatic rings. The Kier molecular flexibility index (Phi) is 3.57. The monoisotopic (exact) mass is 358 g/mol. The summed E-state index contributed by atoms with van der Waals surface area (Å²) in [5.74, 6) is -0.593. The summed E-state index contributed by atoms with van der Waals surface area (Å²) in [5, 5.41) is 20.8. The molecule has 126 valence electrons. The van der Waals surface area contributed by atoms with E-state index in [0.717, 1.165) is 0 Å². The molecule has 0 spiro atoms. The fourth-order valence-electron chi connectivity index (χ4n) is 3.00. The van der Waals surface area contributed by atoms with Gasteiger partial charge >= 0.3 is 5.97 Å². The van der Waals surface area contributed by atoms with E-state index in [2.05, 4.69) is 20.5 Å². The van der Waals surface area contributed by atoms with Crippen LogP contribution in [0.1, 0.15) is 18.3 Å². The smallest absolute Gasteiger partial charge is 0.326 e. The first-order chi connectivity index (χ1) is 12.0. The molecule has 1 atom stereocenters. The Bertz CT molecular complexity index is 1030. The summed E-state index contributed by atoms with van der Waals surface area (Å²) in [6.45, 7) is 0. The molecule has 0 bridgehead atoms. The van der Waals surface area contributed by atoms with E-state index < -0.39 is 17.6 Å². The molecule has 9 nitrogen and oxygen atoms in total. The fraction of sp³-hybridized carbons (Fsp3) is 0.200. The van der Waals surface area contributed by atoms with Gasteiger partial charge in [0.2, 0.25) is 0 Å². The molecule has 25 heavy (non-hydrogen) atoms. The quantitative estimate of drug-likeness (QED) is 0.745. The molecule has 1 aliphatic heterocycles. The number of carbonyl (C=O) groups is 1. The van der Waals surface area contributed by atoms with E-state index in [-0.39, 0.29) is 0 Å². The van der Waals surface area contributed by atoms with E-state index in [0.29, 0.717) is 40.6 Å². The van der Waals surface area contributed by atoms with Crippen LogP contribution in [0.25, 0.3) is 16.9 Å². The maximum atomic E-state index is 12.5. The van der Waals surface area contributed by atoms with Crippen LogP contribution in [0.3, 0.4) is 0 Å². The lowest BCUT2D eigenvalue weighted by molar-refractivity contribution is -0.140. The van der Waals surface area contributed by atoms with Crippen LogP contribution in [0.2, 0.25) is 5.02 Å². The first-order valence-electron chi connectivity index (χ1n) is 7.43. The first-order valence-corrected chi connectivity index (χ1v) is 7.81. The zero-order valence-electron chi connectivity index (χ0n) is 12.7. The van der Waals surface area contributed by atoms with Gasteiger partial charge in [0.25, 0.3) is 5.56 Å². The van der Waals surface area contributed by atoms with Crippen molar-refractivity contribution >= 4 is 17.6 Å². The molecule has 0 saturated carbocycles. The lowest BCUT2D eigenvalue weighted by atomic mass is 10.1. The number of carboxylic acids is 1. The second-order valence-corrected chi connectivity index (χ2v) is 6.01. The van der Waals surface area contributed by atoms with E-state index in [4.69, 9.17) is 11.6 Å². The normalized spacial score (nSPS) is 16.0. The highest BCUT2D eigenvalue weighted by Crippen LogP contribution is 2.30. The lowest BCUT2D eigenvalue weighted by Gasteiger charge is -2.12. The number of hydrogen-bond acceptors (Lipinski definition) is 6. The molecule has 1 aliphatic rings. The topological polar surface area (TPSA) is 116 Å². The van der Waals surface area contributed by atoms with Crippen LogP contribution in [0, 0.1) is 0 Å². The fourth-order valence-corrected chi connectivity index (χ4v) is 3.17. The summed E-state index contributed by atoms with van der Waals surface area (Å²) in [7, 11) is 0. The zero-order valence-corrected chi connectivity index (χ0v) is 13.5. The molecular formula is C15H11ClN6O3. The average molecular weight is 359 g/mol. The third kappa shape index (κ3) is 2.58. The number of aromatic nitrogens is 6. The van der Waals surface area contributed by atoms with Crippen molar-refractivity contribution in [1.82, 2.24) is 29.8 Å². The van der Waals surface area contributed by atoms with Gasteiger partial charge in [-0.3, -0.25) is 9.36 Å². The van der Waals surface area contributed by atoms with Crippen LogP contribution < -0.4 is 5.56 Å². The predicted octanol–water partition coefficient (Wildman–Crippen LogP) is 1.11. The standard InChI is InChI=1S/C15H11ClN6O3/c16-8-1-2-11(21-7-17-19-20-21)9(5-8)10-6-14(23)22-12(15(24)25)3-4-13(22)18-10/h1-2,5-7,12H,3-4H2,(H,24,25)/t12-/m0/s1. The number of tetrazole rings is 1. The molecule has 0 unspecified atom stereocenters. The van der Waals surface area contributed by atoms with Crippen LogP contribution in [0.5, 0.6) is 0 Å². The molecule has 1 N–H and O–H groups in total. The zero-order chi connectivity index (χ0) is 17.6. The van der Waals surface area contributed by atoms with Crippen molar-refractivity contribution < 1.29 is 9.90 Å². The largest absolute Gasteiger partial charge is 0.480 e. The number of aryl methyl sites for hydroxylation is 1. The number of carboxylic acid groups (broad SMARTS) is 1. The first kappa shape index (κ1) is 15.5. The Labute approximate surface area is 145 Å². The number of aliphatic carboxylic acids is 1. The Balaban J connectivity index is 1.90. The highest BCUT2D eigenvalue weighted by molar-refractivity contribution is 6.31. The summed E-state index contributed by atoms with van der Waals surface area (Å²) < 4.78 is 2.67. The van der Waals surface area contributed by atoms with E-state index in [1.54, 1.807) is 18.2 Å². The number of benzene rings is 1. The summed E-state index contributed by atoms with van der Waals surface area (Å²) in [4.78, 5) is 28.3. The van der Waals surface area contributed by atoms with Crippen molar-refractivity contribution in [3.05, 3.63) is 51.8 Å². The van der Waals surface area contributed by atoms with Gasteiger partial charge in [0, 0.05) is 23.1 Å². The summed E-state index contributed by atoms with van der Waals surface area (Å²) in [5.41, 5.74) is 1.18. The molecule has 0 fully saturated rings. The molecule has 0 amide bonds. The van der Waals surface area contributed by atoms with Gasteiger partial charge in [-0.05, 0) is 35.0 Å². The molecule has 2 aromatic heterocycles. The third-order valence-electron chi connectivity index (χ3n) is 4.09. The average Bonchev–Trinajstić information content (AvgIpc) is 3.24. The lowest BCUT2D eigenvalue weighted by Crippen LogP contribution is -2.28. The van der Waals surface area contributed by atoms with Crippen molar-refractivity contribution in [2.24, 2.45) is 0 Å². The molecule has 0 saturated heterocycles. The number of rotatable bonds is 3. The van der Waals surface area contributed by atoms with Crippen LogP contribution in [0.4, 0.5) is 0 Å². The second kappa shape index (κ2) is 5.78. The van der Waals surface area contributed by atoms with Crippen molar-refractivity contribution in [2.45, 2.75) is 18.9 Å². The minimum Gasteiger partial charge on any atom is -0.480 e. The molecular weight excluding hydrogens is 348 g/mol. The van der Waals surface area contributed by atoms with Crippen LogP contribution in [-0.4, -0.2) is 40.8 Å². The van der Waals surface area contributed by atoms with E-state index in [9.17, 15) is 14.7 Å². The van der Waals surface area contributed by atoms with Gasteiger partial charge in [-0.15, -0.1) is 5.10 Å². The molecule has 10 heteroatoms. The summed E-state index contributed by atoms with van der Waals surface area (Å²) in [6, 6.07) is 5.51. The Morgan fingerprint density at radius 3 is 2.88 bits per heavy atom. The maximum absolute atomic E-state index is 12.5. The minimum absolute atomic E-state index is 0.344. The molecule has 0 aliphatic carbocycles. The molecule has 1 aromatic carbocycles. The predicted molar refractivity (Wildman–Crippen MR) is 86.6 cm³/mol. The molecule has 0 radical (unpaired) electrons. The van der Waals surface area contributed by atoms with E-state index in [1.165, 1.54) is 21.6 Å². The van der Waals surface area contributed by atoms with Crippen LogP contribution >= 0.6 is 11.6 Å². The second-order valence-electron chi connectivity index (χ2n) is 5.57.